The van der Waals surface area contributed by atoms with E-state index in [2.05, 4.69) is 34.6 Å². The van der Waals surface area contributed by atoms with E-state index in [1.807, 2.05) is 0 Å². The lowest BCUT2D eigenvalue weighted by atomic mass is 10.1. The standard InChI is InChI=1S/C10H20O3.C9H18O2/c1-8(2)6-10-12-5-4-9(13-10)7-11-3;1-7(2)4-9-10-5-8(3)6-11-9/h8-10H,4-7H2,1-3H3;7-9H,4-6H2,1-3H3. The van der Waals surface area contributed by atoms with Crippen molar-refractivity contribution >= 4 is 0 Å². The fourth-order valence-corrected chi connectivity index (χ4v) is 2.63. The van der Waals surface area contributed by atoms with Crippen molar-refractivity contribution in [2.24, 2.45) is 17.8 Å². The predicted molar refractivity (Wildman–Crippen MR) is 94.9 cm³/mol. The lowest BCUT2D eigenvalue weighted by Gasteiger charge is -2.30. The Labute approximate surface area is 148 Å². The largest absolute Gasteiger partial charge is 0.382 e. The molecule has 144 valence electrons. The summed E-state index contributed by atoms with van der Waals surface area (Å²) < 4.78 is 27.2. The molecule has 2 rings (SSSR count). The minimum atomic E-state index is -0.0195. The number of ether oxygens (including phenoxy) is 5. The van der Waals surface area contributed by atoms with E-state index < -0.39 is 0 Å². The van der Waals surface area contributed by atoms with Gasteiger partial charge in [-0.15, -0.1) is 0 Å². The Balaban J connectivity index is 0.000000243. The highest BCUT2D eigenvalue weighted by Crippen LogP contribution is 2.18. The Kier molecular flexibility index (Phi) is 11.1. The summed E-state index contributed by atoms with van der Waals surface area (Å²) in [7, 11) is 1.70. The Morgan fingerprint density at radius 3 is 2.04 bits per heavy atom. The van der Waals surface area contributed by atoms with E-state index in [0.29, 0.717) is 24.4 Å². The third kappa shape index (κ3) is 9.94. The molecule has 0 amide bonds. The molecule has 0 aromatic carbocycles. The van der Waals surface area contributed by atoms with Crippen molar-refractivity contribution in [3.05, 3.63) is 0 Å². The van der Waals surface area contributed by atoms with Crippen LogP contribution in [0.25, 0.3) is 0 Å². The summed E-state index contributed by atoms with van der Waals surface area (Å²) in [6, 6.07) is 0. The van der Waals surface area contributed by atoms with Crippen LogP contribution in [-0.4, -0.2) is 52.2 Å². The highest BCUT2D eigenvalue weighted by Gasteiger charge is 2.23. The lowest BCUT2D eigenvalue weighted by Crippen LogP contribution is -2.35. The molecule has 0 N–H and O–H groups in total. The van der Waals surface area contributed by atoms with Crippen LogP contribution < -0.4 is 0 Å². The third-order valence-electron chi connectivity index (χ3n) is 3.90. The lowest BCUT2D eigenvalue weighted by molar-refractivity contribution is -0.226. The fourth-order valence-electron chi connectivity index (χ4n) is 2.63. The molecule has 2 aliphatic heterocycles. The molecular formula is C19H38O5. The van der Waals surface area contributed by atoms with E-state index in [-0.39, 0.29) is 18.7 Å². The molecule has 0 saturated carbocycles. The van der Waals surface area contributed by atoms with Crippen molar-refractivity contribution in [2.45, 2.75) is 72.6 Å². The van der Waals surface area contributed by atoms with Crippen LogP contribution in [0.1, 0.15) is 53.9 Å². The molecule has 0 bridgehead atoms. The second-order valence-electron chi connectivity index (χ2n) is 7.76. The van der Waals surface area contributed by atoms with E-state index in [9.17, 15) is 0 Å². The van der Waals surface area contributed by atoms with Gasteiger partial charge < -0.3 is 23.7 Å². The molecule has 0 aliphatic carbocycles. The molecule has 2 heterocycles. The SMILES string of the molecule is CC(C)CC1OCC(C)CO1.COCC1CCOC(CC(C)C)O1. The maximum absolute atomic E-state index is 5.69. The monoisotopic (exact) mass is 346 g/mol. The molecule has 2 unspecified atom stereocenters. The normalized spacial score (nSPS) is 31.0. The molecule has 2 aliphatic rings. The van der Waals surface area contributed by atoms with Crippen LogP contribution in [0.15, 0.2) is 0 Å². The maximum atomic E-state index is 5.69. The fraction of sp³-hybridized carbons (Fsp3) is 1.00. The van der Waals surface area contributed by atoms with Gasteiger partial charge in [-0.05, 0) is 18.3 Å². The van der Waals surface area contributed by atoms with Crippen LogP contribution in [0.3, 0.4) is 0 Å². The van der Waals surface area contributed by atoms with Gasteiger partial charge in [0.1, 0.15) is 0 Å². The first kappa shape index (κ1) is 21.8. The molecule has 2 atom stereocenters. The van der Waals surface area contributed by atoms with E-state index in [1.54, 1.807) is 7.11 Å². The summed E-state index contributed by atoms with van der Waals surface area (Å²) in [5.41, 5.74) is 0. The minimum Gasteiger partial charge on any atom is -0.382 e. The first-order valence-corrected chi connectivity index (χ1v) is 9.39. The smallest absolute Gasteiger partial charge is 0.158 e. The van der Waals surface area contributed by atoms with Crippen molar-refractivity contribution in [2.75, 3.05) is 33.5 Å². The second-order valence-corrected chi connectivity index (χ2v) is 7.76. The summed E-state index contributed by atoms with van der Waals surface area (Å²) in [5.74, 6) is 1.85. The molecule has 0 radical (unpaired) electrons. The van der Waals surface area contributed by atoms with Gasteiger partial charge in [0.15, 0.2) is 12.6 Å². The zero-order valence-electron chi connectivity index (χ0n) is 16.5. The van der Waals surface area contributed by atoms with E-state index in [0.717, 1.165) is 39.1 Å². The third-order valence-corrected chi connectivity index (χ3v) is 3.90. The highest BCUT2D eigenvalue weighted by molar-refractivity contribution is 4.64. The highest BCUT2D eigenvalue weighted by atomic mass is 16.7. The van der Waals surface area contributed by atoms with Crippen LogP contribution >= 0.6 is 0 Å². The van der Waals surface area contributed by atoms with Gasteiger partial charge >= 0.3 is 0 Å². The summed E-state index contributed by atoms with van der Waals surface area (Å²) in [6.07, 6.45) is 3.21. The van der Waals surface area contributed by atoms with Crippen molar-refractivity contribution in [3.63, 3.8) is 0 Å². The summed E-state index contributed by atoms with van der Waals surface area (Å²) in [5, 5.41) is 0. The zero-order valence-corrected chi connectivity index (χ0v) is 16.5. The average Bonchev–Trinajstić information content (AvgIpc) is 2.50. The van der Waals surface area contributed by atoms with Gasteiger partial charge in [0.2, 0.25) is 0 Å². The van der Waals surface area contributed by atoms with E-state index in [1.165, 1.54) is 0 Å². The Bertz CT molecular complexity index is 298. The first-order valence-electron chi connectivity index (χ1n) is 9.39. The van der Waals surface area contributed by atoms with Crippen molar-refractivity contribution in [3.8, 4) is 0 Å². The topological polar surface area (TPSA) is 46.2 Å². The number of hydrogen-bond donors (Lipinski definition) is 0. The van der Waals surface area contributed by atoms with Crippen LogP contribution in [0.5, 0.6) is 0 Å². The molecule has 0 aromatic rings. The van der Waals surface area contributed by atoms with Gasteiger partial charge in [-0.3, -0.25) is 0 Å². The molecule has 24 heavy (non-hydrogen) atoms. The quantitative estimate of drug-likeness (QED) is 0.731. The molecule has 2 fully saturated rings. The van der Waals surface area contributed by atoms with E-state index >= 15 is 0 Å². The van der Waals surface area contributed by atoms with Crippen LogP contribution in [0.2, 0.25) is 0 Å². The molecular weight excluding hydrogens is 308 g/mol. The van der Waals surface area contributed by atoms with Gasteiger partial charge in [0, 0.05) is 25.9 Å². The number of methoxy groups -OCH3 is 1. The first-order chi connectivity index (χ1) is 11.4. The van der Waals surface area contributed by atoms with Crippen molar-refractivity contribution in [1.82, 2.24) is 0 Å². The van der Waals surface area contributed by atoms with Crippen LogP contribution in [0.4, 0.5) is 0 Å². The predicted octanol–water partition coefficient (Wildman–Crippen LogP) is 3.85. The van der Waals surface area contributed by atoms with Crippen molar-refractivity contribution < 1.29 is 23.7 Å². The molecule has 2 saturated heterocycles. The summed E-state index contributed by atoms with van der Waals surface area (Å²) in [4.78, 5) is 0. The molecule has 5 heteroatoms. The van der Waals surface area contributed by atoms with E-state index in [4.69, 9.17) is 23.7 Å². The van der Waals surface area contributed by atoms with Gasteiger partial charge in [-0.2, -0.15) is 0 Å². The Morgan fingerprint density at radius 2 is 1.50 bits per heavy atom. The van der Waals surface area contributed by atoms with Crippen LogP contribution in [0, 0.1) is 17.8 Å². The van der Waals surface area contributed by atoms with Crippen molar-refractivity contribution in [1.29, 1.82) is 0 Å². The Hall–Kier alpha value is -0.200. The van der Waals surface area contributed by atoms with Gasteiger partial charge in [0.25, 0.3) is 0 Å². The molecule has 0 spiro atoms. The molecule has 5 nitrogen and oxygen atoms in total. The number of rotatable bonds is 6. The molecule has 0 aromatic heterocycles. The Morgan fingerprint density at radius 1 is 0.917 bits per heavy atom. The maximum Gasteiger partial charge on any atom is 0.158 e. The minimum absolute atomic E-state index is 0.0195. The average molecular weight is 347 g/mol. The number of hydrogen-bond acceptors (Lipinski definition) is 5. The van der Waals surface area contributed by atoms with Gasteiger partial charge in [-0.25, -0.2) is 0 Å². The zero-order chi connectivity index (χ0) is 17.9. The van der Waals surface area contributed by atoms with Gasteiger partial charge in [-0.1, -0.05) is 34.6 Å². The van der Waals surface area contributed by atoms with Crippen LogP contribution in [-0.2, 0) is 23.7 Å². The summed E-state index contributed by atoms with van der Waals surface area (Å²) >= 11 is 0. The summed E-state index contributed by atoms with van der Waals surface area (Å²) in [6.45, 7) is 14.1. The van der Waals surface area contributed by atoms with Gasteiger partial charge in [0.05, 0.1) is 32.5 Å². The second kappa shape index (κ2) is 12.2.